The number of ether oxygens (including phenoxy) is 1. The maximum absolute atomic E-state index is 15.9. The molecule has 1 saturated carbocycles. The first kappa shape index (κ1) is 23.3. The summed E-state index contributed by atoms with van der Waals surface area (Å²) in [5.41, 5.74) is -0.446. The monoisotopic (exact) mass is 487 g/mol. The van der Waals surface area contributed by atoms with Crippen molar-refractivity contribution in [1.29, 1.82) is 0 Å². The summed E-state index contributed by atoms with van der Waals surface area (Å²) in [7, 11) is 0. The largest absolute Gasteiger partial charge is 0.477 e. The molecule has 10 heteroatoms. The topological polar surface area (TPSA) is 101 Å². The van der Waals surface area contributed by atoms with Crippen LogP contribution in [-0.2, 0) is 4.74 Å². The molecule has 1 aromatic carbocycles. The summed E-state index contributed by atoms with van der Waals surface area (Å²) in [6.45, 7) is 5.86. The molecule has 0 bridgehead atoms. The standard InChI is InChI=1S/C25H27F2N3O5/c1-25(2,3)35-24(34)28-18-7-4-12-9-29(10-15(12)18)21-17(26)8-14-20(19(21)27)30(13-5-6-13)11-16(22(14)31)23(32)33/h8,11,13,18H,4-7,9-10H2,1-3H3,(H,28,34)(H,32,33). The van der Waals surface area contributed by atoms with Gasteiger partial charge in [-0.15, -0.1) is 0 Å². The second-order valence-corrected chi connectivity index (χ2v) is 10.5. The quantitative estimate of drug-likeness (QED) is 0.630. The van der Waals surface area contributed by atoms with Crippen LogP contribution in [0.1, 0.15) is 62.9 Å². The molecule has 5 rings (SSSR count). The van der Waals surface area contributed by atoms with Gasteiger partial charge < -0.3 is 24.6 Å². The molecule has 2 N–H and O–H groups in total. The van der Waals surface area contributed by atoms with Crippen LogP contribution in [0.25, 0.3) is 10.9 Å². The highest BCUT2D eigenvalue weighted by Gasteiger charge is 2.37. The molecule has 0 saturated heterocycles. The molecule has 2 heterocycles. The number of benzene rings is 1. The van der Waals surface area contributed by atoms with E-state index in [1.165, 1.54) is 10.8 Å². The van der Waals surface area contributed by atoms with Crippen molar-refractivity contribution in [2.75, 3.05) is 18.0 Å². The molecular weight excluding hydrogens is 460 g/mol. The zero-order valence-electron chi connectivity index (χ0n) is 19.8. The number of rotatable bonds is 4. The molecule has 1 atom stereocenters. The molecule has 0 spiro atoms. The summed E-state index contributed by atoms with van der Waals surface area (Å²) < 4.78 is 38.0. The van der Waals surface area contributed by atoms with Crippen molar-refractivity contribution < 1.29 is 28.2 Å². The van der Waals surface area contributed by atoms with Crippen molar-refractivity contribution in [3.8, 4) is 0 Å². The minimum absolute atomic E-state index is 0.0746. The Morgan fingerprint density at radius 3 is 2.51 bits per heavy atom. The number of hydrogen-bond acceptors (Lipinski definition) is 5. The third-order valence-electron chi connectivity index (χ3n) is 6.71. The van der Waals surface area contributed by atoms with Gasteiger partial charge in [-0.25, -0.2) is 18.4 Å². The van der Waals surface area contributed by atoms with E-state index in [0.717, 1.165) is 30.1 Å². The van der Waals surface area contributed by atoms with E-state index >= 15 is 8.78 Å². The number of nitrogens with zero attached hydrogens (tertiary/aromatic N) is 2. The van der Waals surface area contributed by atoms with E-state index in [4.69, 9.17) is 4.74 Å². The number of nitrogens with one attached hydrogen (secondary N) is 1. The van der Waals surface area contributed by atoms with Crippen LogP contribution >= 0.6 is 0 Å². The number of carboxylic acid groups (broad SMARTS) is 1. The van der Waals surface area contributed by atoms with Gasteiger partial charge in [0.15, 0.2) is 5.82 Å². The minimum Gasteiger partial charge on any atom is -0.477 e. The number of halogens is 2. The molecule has 1 aromatic heterocycles. The lowest BCUT2D eigenvalue weighted by atomic mass is 10.1. The van der Waals surface area contributed by atoms with Gasteiger partial charge in [0.05, 0.1) is 16.9 Å². The summed E-state index contributed by atoms with van der Waals surface area (Å²) in [6, 6.07) is 0.536. The van der Waals surface area contributed by atoms with E-state index in [2.05, 4.69) is 5.32 Å². The number of anilines is 1. The summed E-state index contributed by atoms with van der Waals surface area (Å²) in [4.78, 5) is 38.1. The number of aromatic carboxylic acids is 1. The Kier molecular flexibility index (Phi) is 5.37. The van der Waals surface area contributed by atoms with Gasteiger partial charge in [-0.1, -0.05) is 0 Å². The van der Waals surface area contributed by atoms with Gasteiger partial charge in [0.2, 0.25) is 5.43 Å². The Labute approximate surface area is 200 Å². The normalized spacial score (nSPS) is 19.9. The number of alkyl carbamates (subject to hydrolysis) is 1. The molecule has 2 aliphatic carbocycles. The molecule has 1 aliphatic heterocycles. The van der Waals surface area contributed by atoms with Gasteiger partial charge in [-0.05, 0) is 63.7 Å². The SMILES string of the molecule is CC(C)(C)OC(=O)NC1CCC2=C1CN(c1c(F)cc3c(=O)c(C(=O)O)cn(C4CC4)c3c1F)C2. The zero-order chi connectivity index (χ0) is 25.2. The first-order chi connectivity index (χ1) is 16.4. The number of carboxylic acids is 1. The summed E-state index contributed by atoms with van der Waals surface area (Å²) >= 11 is 0. The smallest absolute Gasteiger partial charge is 0.408 e. The number of carbonyl (C=O) groups excluding carboxylic acids is 1. The molecule has 0 radical (unpaired) electrons. The number of aromatic nitrogens is 1. The summed E-state index contributed by atoms with van der Waals surface area (Å²) in [5.74, 6) is -3.23. The highest BCUT2D eigenvalue weighted by Crippen LogP contribution is 2.42. The first-order valence-electron chi connectivity index (χ1n) is 11.7. The van der Waals surface area contributed by atoms with Crippen LogP contribution in [0.4, 0.5) is 19.3 Å². The molecule has 1 unspecified atom stereocenters. The molecular formula is C25H27F2N3O5. The van der Waals surface area contributed by atoms with Crippen LogP contribution in [0.3, 0.4) is 0 Å². The van der Waals surface area contributed by atoms with Crippen LogP contribution in [0.2, 0.25) is 0 Å². The first-order valence-corrected chi connectivity index (χ1v) is 11.7. The summed E-state index contributed by atoms with van der Waals surface area (Å²) in [6.07, 6.45) is 3.46. The van der Waals surface area contributed by atoms with Gasteiger partial charge in [-0.3, -0.25) is 4.79 Å². The molecule has 3 aliphatic rings. The van der Waals surface area contributed by atoms with Crippen LogP contribution in [0, 0.1) is 11.6 Å². The van der Waals surface area contributed by atoms with Crippen LogP contribution in [-0.4, -0.2) is 46.5 Å². The van der Waals surface area contributed by atoms with Gasteiger partial charge in [-0.2, -0.15) is 0 Å². The zero-order valence-corrected chi connectivity index (χ0v) is 19.8. The Hall–Kier alpha value is -3.43. The number of hydrogen-bond donors (Lipinski definition) is 2. The lowest BCUT2D eigenvalue weighted by Gasteiger charge is -2.26. The van der Waals surface area contributed by atoms with Crippen molar-refractivity contribution in [2.24, 2.45) is 0 Å². The molecule has 1 fully saturated rings. The van der Waals surface area contributed by atoms with Crippen molar-refractivity contribution in [2.45, 2.75) is 64.1 Å². The molecule has 2 aromatic rings. The van der Waals surface area contributed by atoms with Gasteiger partial charge in [0, 0.05) is 25.3 Å². The fraction of sp³-hybridized carbons (Fsp3) is 0.480. The predicted molar refractivity (Wildman–Crippen MR) is 125 cm³/mol. The number of amides is 1. The van der Waals surface area contributed by atoms with E-state index in [9.17, 15) is 19.5 Å². The lowest BCUT2D eigenvalue weighted by Crippen LogP contribution is -2.40. The van der Waals surface area contributed by atoms with Crippen molar-refractivity contribution in [3.05, 3.63) is 50.8 Å². The Balaban J connectivity index is 1.48. The van der Waals surface area contributed by atoms with E-state index < -0.39 is 40.3 Å². The third kappa shape index (κ3) is 4.15. The maximum atomic E-state index is 15.9. The second-order valence-electron chi connectivity index (χ2n) is 10.5. The fourth-order valence-corrected chi connectivity index (χ4v) is 5.08. The number of pyridine rings is 1. The average molecular weight is 488 g/mol. The van der Waals surface area contributed by atoms with Crippen LogP contribution in [0.5, 0.6) is 0 Å². The number of fused-ring (bicyclic) bond motifs is 1. The second kappa shape index (κ2) is 8.07. The van der Waals surface area contributed by atoms with E-state index in [1.807, 2.05) is 0 Å². The van der Waals surface area contributed by atoms with Gasteiger partial charge >= 0.3 is 12.1 Å². The van der Waals surface area contributed by atoms with Gasteiger partial charge in [0.25, 0.3) is 0 Å². The molecule has 35 heavy (non-hydrogen) atoms. The maximum Gasteiger partial charge on any atom is 0.408 e. The molecule has 186 valence electrons. The average Bonchev–Trinajstić information content (AvgIpc) is 3.40. The van der Waals surface area contributed by atoms with Crippen molar-refractivity contribution >= 4 is 28.7 Å². The highest BCUT2D eigenvalue weighted by atomic mass is 19.1. The van der Waals surface area contributed by atoms with Gasteiger partial charge in [0.1, 0.15) is 22.7 Å². The van der Waals surface area contributed by atoms with Crippen molar-refractivity contribution in [3.63, 3.8) is 0 Å². The fourth-order valence-electron chi connectivity index (χ4n) is 5.08. The summed E-state index contributed by atoms with van der Waals surface area (Å²) in [5, 5.41) is 12.0. The Bertz CT molecular complexity index is 1350. The van der Waals surface area contributed by atoms with Crippen molar-refractivity contribution in [1.82, 2.24) is 9.88 Å². The van der Waals surface area contributed by atoms with E-state index in [0.29, 0.717) is 19.4 Å². The predicted octanol–water partition coefficient (Wildman–Crippen LogP) is 4.12. The van der Waals surface area contributed by atoms with E-state index in [1.54, 1.807) is 25.7 Å². The minimum atomic E-state index is -1.43. The highest BCUT2D eigenvalue weighted by molar-refractivity contribution is 5.94. The number of carbonyl (C=O) groups is 2. The third-order valence-corrected chi connectivity index (χ3v) is 6.71. The Morgan fingerprint density at radius 1 is 1.17 bits per heavy atom. The lowest BCUT2D eigenvalue weighted by molar-refractivity contribution is 0.0511. The van der Waals surface area contributed by atoms with Crippen LogP contribution < -0.4 is 15.6 Å². The molecule has 8 nitrogen and oxygen atoms in total. The van der Waals surface area contributed by atoms with Crippen LogP contribution in [0.15, 0.2) is 28.2 Å². The molecule has 1 amide bonds. The van der Waals surface area contributed by atoms with E-state index in [-0.39, 0.29) is 35.2 Å². The Morgan fingerprint density at radius 2 is 1.89 bits per heavy atom.